The summed E-state index contributed by atoms with van der Waals surface area (Å²) >= 11 is 0. The van der Waals surface area contributed by atoms with Gasteiger partial charge in [-0.3, -0.25) is 4.79 Å². The first-order valence-electron chi connectivity index (χ1n) is 8.32. The molecule has 2 N–H and O–H groups in total. The number of alkyl halides is 3. The van der Waals surface area contributed by atoms with Crippen LogP contribution in [-0.2, 0) is 0 Å². The van der Waals surface area contributed by atoms with Crippen molar-refractivity contribution in [2.24, 2.45) is 0 Å². The van der Waals surface area contributed by atoms with E-state index in [0.29, 0.717) is 11.6 Å². The summed E-state index contributed by atoms with van der Waals surface area (Å²) < 4.78 is 40.4. The molecule has 1 aliphatic rings. The first-order valence-corrected chi connectivity index (χ1v) is 8.32. The zero-order chi connectivity index (χ0) is 18.7. The maximum absolute atomic E-state index is 12.4. The number of hydrogen-bond acceptors (Lipinski definition) is 3. The highest BCUT2D eigenvalue weighted by molar-refractivity contribution is 6.04. The Morgan fingerprint density at radius 3 is 2.35 bits per heavy atom. The van der Waals surface area contributed by atoms with E-state index in [2.05, 4.69) is 10.1 Å². The summed E-state index contributed by atoms with van der Waals surface area (Å²) in [6.45, 7) is 0. The van der Waals surface area contributed by atoms with E-state index in [1.54, 1.807) is 12.1 Å². The lowest BCUT2D eigenvalue weighted by atomic mass is 9.95. The molecule has 0 aromatic heterocycles. The Labute approximate surface area is 148 Å². The number of halogens is 3. The first kappa shape index (κ1) is 18.1. The van der Waals surface area contributed by atoms with Gasteiger partial charge in [-0.2, -0.15) is 0 Å². The molecule has 0 spiro atoms. The maximum atomic E-state index is 12.4. The minimum atomic E-state index is -4.78. The molecule has 0 heterocycles. The fraction of sp³-hybridized carbons (Fsp3) is 0.316. The molecular formula is C19H18F3NO3. The van der Waals surface area contributed by atoms with Gasteiger partial charge in [0, 0.05) is 17.3 Å². The second-order valence-corrected chi connectivity index (χ2v) is 6.28. The fourth-order valence-corrected chi connectivity index (χ4v) is 3.25. The van der Waals surface area contributed by atoms with Gasteiger partial charge in [0.1, 0.15) is 11.5 Å². The Morgan fingerprint density at radius 2 is 1.73 bits per heavy atom. The van der Waals surface area contributed by atoms with E-state index in [4.69, 9.17) is 0 Å². The van der Waals surface area contributed by atoms with E-state index < -0.39 is 18.0 Å². The number of aromatic hydroxyl groups is 1. The van der Waals surface area contributed by atoms with E-state index in [9.17, 15) is 23.1 Å². The van der Waals surface area contributed by atoms with Crippen LogP contribution in [0.15, 0.2) is 42.5 Å². The minimum absolute atomic E-state index is 0.0379. The highest BCUT2D eigenvalue weighted by Crippen LogP contribution is 2.39. The van der Waals surface area contributed by atoms with Crippen molar-refractivity contribution in [3.8, 4) is 11.5 Å². The Bertz CT molecular complexity index is 782. The van der Waals surface area contributed by atoms with Gasteiger partial charge in [0.15, 0.2) is 0 Å². The van der Waals surface area contributed by atoms with Crippen molar-refractivity contribution in [3.63, 3.8) is 0 Å². The van der Waals surface area contributed by atoms with Crippen LogP contribution in [-0.4, -0.2) is 17.4 Å². The van der Waals surface area contributed by atoms with Crippen LogP contribution in [0.5, 0.6) is 11.5 Å². The minimum Gasteiger partial charge on any atom is -0.508 e. The normalized spacial score (nSPS) is 15.0. The average Bonchev–Trinajstić information content (AvgIpc) is 3.08. The van der Waals surface area contributed by atoms with E-state index in [-0.39, 0.29) is 11.3 Å². The number of phenolic OH excluding ortho intramolecular Hbond substituents is 1. The van der Waals surface area contributed by atoms with Gasteiger partial charge in [-0.25, -0.2) is 0 Å². The molecule has 1 saturated carbocycles. The molecule has 138 valence electrons. The molecule has 1 aliphatic carbocycles. The fourth-order valence-electron chi connectivity index (χ4n) is 3.25. The third kappa shape index (κ3) is 4.47. The summed E-state index contributed by atoms with van der Waals surface area (Å²) in [6, 6.07) is 9.58. The molecule has 4 nitrogen and oxygen atoms in total. The van der Waals surface area contributed by atoms with Crippen molar-refractivity contribution in [1.82, 2.24) is 0 Å². The van der Waals surface area contributed by atoms with Crippen LogP contribution in [0.3, 0.4) is 0 Å². The number of nitrogens with one attached hydrogen (secondary N) is 1. The number of rotatable bonds is 4. The number of phenols is 1. The zero-order valence-corrected chi connectivity index (χ0v) is 13.8. The molecule has 0 unspecified atom stereocenters. The molecule has 0 atom stereocenters. The Balaban J connectivity index is 1.76. The van der Waals surface area contributed by atoms with Gasteiger partial charge in [-0.05, 0) is 54.7 Å². The number of hydrogen-bond donors (Lipinski definition) is 2. The van der Waals surface area contributed by atoms with Gasteiger partial charge in [0.2, 0.25) is 0 Å². The van der Waals surface area contributed by atoms with Crippen LogP contribution in [0.2, 0.25) is 0 Å². The highest BCUT2D eigenvalue weighted by Gasteiger charge is 2.31. The smallest absolute Gasteiger partial charge is 0.508 e. The molecule has 7 heteroatoms. The number of benzene rings is 2. The number of carbonyl (C=O) groups excluding carboxylic acids is 1. The molecular weight excluding hydrogens is 347 g/mol. The van der Waals surface area contributed by atoms with Gasteiger partial charge in [-0.15, -0.1) is 13.2 Å². The van der Waals surface area contributed by atoms with Crippen molar-refractivity contribution in [3.05, 3.63) is 53.6 Å². The molecule has 2 aromatic carbocycles. The lowest BCUT2D eigenvalue weighted by Gasteiger charge is -2.16. The first-order chi connectivity index (χ1) is 12.3. The molecule has 0 saturated heterocycles. The summed E-state index contributed by atoms with van der Waals surface area (Å²) in [6.07, 6.45) is -0.477. The molecule has 0 radical (unpaired) electrons. The highest BCUT2D eigenvalue weighted by atomic mass is 19.4. The largest absolute Gasteiger partial charge is 0.573 e. The Hall–Kier alpha value is -2.70. The summed E-state index contributed by atoms with van der Waals surface area (Å²) in [4.78, 5) is 12.4. The standard InChI is InChI=1S/C19H18F3NO3/c20-19(21,22)26-15-8-5-13(6-9-15)18(25)23-17-11-14(24)7-10-16(17)12-3-1-2-4-12/h5-12,24H,1-4H2,(H,23,25). The van der Waals surface area contributed by atoms with Crippen LogP contribution in [0.25, 0.3) is 0 Å². The second kappa shape index (κ2) is 7.27. The van der Waals surface area contributed by atoms with Crippen LogP contribution in [0.4, 0.5) is 18.9 Å². The Morgan fingerprint density at radius 1 is 1.08 bits per heavy atom. The van der Waals surface area contributed by atoms with Crippen molar-refractivity contribution < 1.29 is 27.8 Å². The summed E-state index contributed by atoms with van der Waals surface area (Å²) in [5, 5.41) is 12.5. The predicted octanol–water partition coefficient (Wildman–Crippen LogP) is 5.20. The van der Waals surface area contributed by atoms with E-state index in [1.165, 1.54) is 18.2 Å². The summed E-state index contributed by atoms with van der Waals surface area (Å²) in [7, 11) is 0. The van der Waals surface area contributed by atoms with Gasteiger partial charge >= 0.3 is 6.36 Å². The van der Waals surface area contributed by atoms with Crippen LogP contribution < -0.4 is 10.1 Å². The third-order valence-electron chi connectivity index (χ3n) is 4.43. The lowest BCUT2D eigenvalue weighted by Crippen LogP contribution is -2.17. The molecule has 2 aromatic rings. The molecule has 0 bridgehead atoms. The van der Waals surface area contributed by atoms with Crippen molar-refractivity contribution in [1.29, 1.82) is 0 Å². The third-order valence-corrected chi connectivity index (χ3v) is 4.43. The predicted molar refractivity (Wildman–Crippen MR) is 90.4 cm³/mol. The van der Waals surface area contributed by atoms with E-state index >= 15 is 0 Å². The van der Waals surface area contributed by atoms with Crippen LogP contribution in [0, 0.1) is 0 Å². The SMILES string of the molecule is O=C(Nc1cc(O)ccc1C1CCCC1)c1ccc(OC(F)(F)F)cc1. The molecule has 1 amide bonds. The summed E-state index contributed by atoms with van der Waals surface area (Å²) in [5.41, 5.74) is 1.68. The maximum Gasteiger partial charge on any atom is 0.573 e. The molecule has 1 fully saturated rings. The monoisotopic (exact) mass is 365 g/mol. The van der Waals surface area contributed by atoms with Crippen molar-refractivity contribution >= 4 is 11.6 Å². The van der Waals surface area contributed by atoms with E-state index in [1.807, 2.05) is 0 Å². The Kier molecular flexibility index (Phi) is 5.06. The van der Waals surface area contributed by atoms with Crippen molar-refractivity contribution in [2.45, 2.75) is 38.0 Å². The number of ether oxygens (including phenoxy) is 1. The topological polar surface area (TPSA) is 58.6 Å². The molecule has 26 heavy (non-hydrogen) atoms. The lowest BCUT2D eigenvalue weighted by molar-refractivity contribution is -0.274. The van der Waals surface area contributed by atoms with Gasteiger partial charge in [0.25, 0.3) is 5.91 Å². The van der Waals surface area contributed by atoms with Gasteiger partial charge in [-0.1, -0.05) is 18.9 Å². The summed E-state index contributed by atoms with van der Waals surface area (Å²) in [5.74, 6) is -0.490. The van der Waals surface area contributed by atoms with Crippen LogP contribution in [0.1, 0.15) is 47.5 Å². The van der Waals surface area contributed by atoms with Crippen molar-refractivity contribution in [2.75, 3.05) is 5.32 Å². The quantitative estimate of drug-likeness (QED) is 0.783. The molecule has 3 rings (SSSR count). The van der Waals surface area contributed by atoms with Gasteiger partial charge in [0.05, 0.1) is 0 Å². The average molecular weight is 365 g/mol. The van der Waals surface area contributed by atoms with Crippen LogP contribution >= 0.6 is 0 Å². The second-order valence-electron chi connectivity index (χ2n) is 6.28. The van der Waals surface area contributed by atoms with E-state index in [0.717, 1.165) is 43.4 Å². The number of anilines is 1. The number of amides is 1. The number of carbonyl (C=O) groups is 1. The van der Waals surface area contributed by atoms with Gasteiger partial charge < -0.3 is 15.2 Å². The zero-order valence-electron chi connectivity index (χ0n) is 13.8. The molecule has 0 aliphatic heterocycles.